The van der Waals surface area contributed by atoms with Crippen molar-refractivity contribution in [2.45, 2.75) is 13.8 Å². The van der Waals surface area contributed by atoms with Crippen LogP contribution in [-0.4, -0.2) is 37.9 Å². The van der Waals surface area contributed by atoms with Crippen molar-refractivity contribution >= 4 is 59.7 Å². The molecule has 168 valence electrons. The van der Waals surface area contributed by atoms with E-state index in [9.17, 15) is 13.2 Å². The summed E-state index contributed by atoms with van der Waals surface area (Å²) in [5, 5.41) is 4.03. The Balaban J connectivity index is 1.73. The molecule has 0 atom stereocenters. The van der Waals surface area contributed by atoms with Crippen molar-refractivity contribution in [1.82, 2.24) is 9.99 Å². The molecule has 10 heteroatoms. The topological polar surface area (TPSA) is 83.8 Å². The van der Waals surface area contributed by atoms with Gasteiger partial charge in [-0.15, -0.1) is 0 Å². The molecule has 0 aliphatic heterocycles. The van der Waals surface area contributed by atoms with Crippen LogP contribution in [0.25, 0.3) is 5.69 Å². The van der Waals surface area contributed by atoms with Crippen LogP contribution in [-0.2, 0) is 14.8 Å². The highest BCUT2D eigenvalue weighted by Gasteiger charge is 2.20. The first-order valence-electron chi connectivity index (χ1n) is 9.56. The van der Waals surface area contributed by atoms with Gasteiger partial charge in [0.05, 0.1) is 18.2 Å². The number of rotatable bonds is 7. The van der Waals surface area contributed by atoms with Gasteiger partial charge in [0, 0.05) is 31.6 Å². The van der Waals surface area contributed by atoms with E-state index >= 15 is 0 Å². The summed E-state index contributed by atoms with van der Waals surface area (Å²) in [6.07, 6.45) is 2.61. The van der Waals surface area contributed by atoms with Crippen LogP contribution in [0.3, 0.4) is 0 Å². The average molecular weight is 582 g/mol. The van der Waals surface area contributed by atoms with Crippen molar-refractivity contribution < 1.29 is 13.2 Å². The molecular formula is C22H22Br2N4O3S. The lowest BCUT2D eigenvalue weighted by molar-refractivity contribution is -0.119. The van der Waals surface area contributed by atoms with Gasteiger partial charge in [-0.05, 0) is 68.4 Å². The quantitative estimate of drug-likeness (QED) is 0.328. The summed E-state index contributed by atoms with van der Waals surface area (Å²) in [6.45, 7) is 3.58. The number of hydrogen-bond acceptors (Lipinski definition) is 4. The number of nitrogens with zero attached hydrogens (tertiary/aromatic N) is 3. The highest BCUT2D eigenvalue weighted by molar-refractivity contribution is 9.10. The largest absolute Gasteiger partial charge is 0.318 e. The van der Waals surface area contributed by atoms with Crippen LogP contribution in [0, 0.1) is 13.8 Å². The second kappa shape index (κ2) is 10.0. The number of carbonyl (C=O) groups is 1. The molecule has 0 spiro atoms. The van der Waals surface area contributed by atoms with Gasteiger partial charge in [-0.2, -0.15) is 5.10 Å². The number of nitrogens with one attached hydrogen (secondary N) is 1. The third-order valence-corrected chi connectivity index (χ3v) is 6.95. The van der Waals surface area contributed by atoms with Crippen LogP contribution >= 0.6 is 31.9 Å². The lowest BCUT2D eigenvalue weighted by atomic mass is 10.2. The second-order valence-electron chi connectivity index (χ2n) is 7.18. The van der Waals surface area contributed by atoms with Crippen molar-refractivity contribution in [3.05, 3.63) is 80.5 Å². The molecule has 0 saturated carbocycles. The SMILES string of the molecule is Cc1cc(/C=N\NC(=O)CN(c2ccc(Br)cc2)S(C)(=O)=O)c(C)n1-c1ccc(Br)cc1. The molecule has 32 heavy (non-hydrogen) atoms. The molecule has 7 nitrogen and oxygen atoms in total. The number of aryl methyl sites for hydroxylation is 1. The van der Waals surface area contributed by atoms with E-state index in [0.717, 1.165) is 42.1 Å². The van der Waals surface area contributed by atoms with Crippen LogP contribution in [0.2, 0.25) is 0 Å². The Kier molecular flexibility index (Phi) is 7.58. The van der Waals surface area contributed by atoms with E-state index in [1.807, 2.05) is 44.2 Å². The van der Waals surface area contributed by atoms with E-state index in [-0.39, 0.29) is 6.54 Å². The molecule has 0 aliphatic rings. The van der Waals surface area contributed by atoms with E-state index < -0.39 is 15.9 Å². The predicted molar refractivity (Wildman–Crippen MR) is 135 cm³/mol. The zero-order chi connectivity index (χ0) is 23.5. The minimum Gasteiger partial charge on any atom is -0.318 e. The highest BCUT2D eigenvalue weighted by Crippen LogP contribution is 2.22. The summed E-state index contributed by atoms with van der Waals surface area (Å²) < 4.78 is 29.3. The molecule has 1 aromatic heterocycles. The van der Waals surface area contributed by atoms with Crippen molar-refractivity contribution in [3.63, 3.8) is 0 Å². The van der Waals surface area contributed by atoms with Gasteiger partial charge < -0.3 is 4.57 Å². The molecule has 0 aliphatic carbocycles. The number of sulfonamides is 1. The molecule has 0 unspecified atom stereocenters. The van der Waals surface area contributed by atoms with Crippen molar-refractivity contribution in [2.24, 2.45) is 5.10 Å². The molecule has 0 saturated heterocycles. The van der Waals surface area contributed by atoms with Gasteiger partial charge >= 0.3 is 0 Å². The molecule has 1 N–H and O–H groups in total. The minimum absolute atomic E-state index is 0.379. The summed E-state index contributed by atoms with van der Waals surface area (Å²) in [6, 6.07) is 16.6. The first-order chi connectivity index (χ1) is 15.1. The number of carbonyl (C=O) groups excluding carboxylic acids is 1. The Hall–Kier alpha value is -2.43. The molecule has 1 amide bonds. The van der Waals surface area contributed by atoms with Crippen LogP contribution in [0.5, 0.6) is 0 Å². The molecule has 3 rings (SSSR count). The number of hydrazone groups is 1. The monoisotopic (exact) mass is 580 g/mol. The Labute approximate surface area is 204 Å². The third-order valence-electron chi connectivity index (χ3n) is 4.75. The number of aromatic nitrogens is 1. The Morgan fingerprint density at radius 2 is 1.62 bits per heavy atom. The Morgan fingerprint density at radius 1 is 1.06 bits per heavy atom. The number of amides is 1. The van der Waals surface area contributed by atoms with Gasteiger partial charge in [0.15, 0.2) is 0 Å². The van der Waals surface area contributed by atoms with Gasteiger partial charge in [-0.3, -0.25) is 9.10 Å². The Morgan fingerprint density at radius 3 is 2.19 bits per heavy atom. The summed E-state index contributed by atoms with van der Waals surface area (Å²) in [4.78, 5) is 12.4. The summed E-state index contributed by atoms with van der Waals surface area (Å²) >= 11 is 6.75. The molecule has 3 aromatic rings. The van der Waals surface area contributed by atoms with E-state index in [4.69, 9.17) is 0 Å². The summed E-state index contributed by atoms with van der Waals surface area (Å²) in [7, 11) is -3.65. The fourth-order valence-electron chi connectivity index (χ4n) is 3.25. The molecule has 2 aromatic carbocycles. The number of halogens is 2. The maximum absolute atomic E-state index is 12.4. The Bertz CT molecular complexity index is 1250. The van der Waals surface area contributed by atoms with Gasteiger partial charge in [-0.1, -0.05) is 31.9 Å². The first-order valence-corrected chi connectivity index (χ1v) is 13.0. The standard InChI is InChI=1S/C22H22Br2N4O3S/c1-15-12-17(16(2)28(15)21-10-6-19(24)7-11-21)13-25-26-22(29)14-27(32(3,30)31)20-8-4-18(23)5-9-20/h4-13H,14H2,1-3H3,(H,26,29)/b25-13-. The number of hydrogen-bond donors (Lipinski definition) is 1. The predicted octanol–water partition coefficient (Wildman–Crippen LogP) is 4.54. The highest BCUT2D eigenvalue weighted by atomic mass is 79.9. The third kappa shape index (κ3) is 5.87. The second-order valence-corrected chi connectivity index (χ2v) is 10.9. The lowest BCUT2D eigenvalue weighted by Crippen LogP contribution is -2.39. The van der Waals surface area contributed by atoms with Crippen molar-refractivity contribution in [2.75, 3.05) is 17.1 Å². The molecular weight excluding hydrogens is 560 g/mol. The van der Waals surface area contributed by atoms with Gasteiger partial charge in [0.1, 0.15) is 6.54 Å². The van der Waals surface area contributed by atoms with Crippen LogP contribution < -0.4 is 9.73 Å². The molecule has 0 fully saturated rings. The van der Waals surface area contributed by atoms with Gasteiger partial charge in [-0.25, -0.2) is 13.8 Å². The minimum atomic E-state index is -3.65. The van der Waals surface area contributed by atoms with Crippen molar-refractivity contribution in [1.29, 1.82) is 0 Å². The first kappa shape index (κ1) is 24.2. The van der Waals surface area contributed by atoms with Crippen LogP contribution in [0.4, 0.5) is 5.69 Å². The molecule has 0 radical (unpaired) electrons. The number of anilines is 1. The normalized spacial score (nSPS) is 11.7. The van der Waals surface area contributed by atoms with Crippen LogP contribution in [0.1, 0.15) is 17.0 Å². The van der Waals surface area contributed by atoms with E-state index in [2.05, 4.69) is 47.0 Å². The van der Waals surface area contributed by atoms with Crippen molar-refractivity contribution in [3.8, 4) is 5.69 Å². The number of benzene rings is 2. The molecule has 1 heterocycles. The zero-order valence-corrected chi connectivity index (χ0v) is 21.7. The maximum atomic E-state index is 12.4. The lowest BCUT2D eigenvalue weighted by Gasteiger charge is -2.21. The fraction of sp³-hybridized carbons (Fsp3) is 0.182. The van der Waals surface area contributed by atoms with Gasteiger partial charge in [0.2, 0.25) is 10.0 Å². The van der Waals surface area contributed by atoms with E-state index in [1.165, 1.54) is 0 Å². The average Bonchev–Trinajstić information content (AvgIpc) is 3.00. The molecule has 0 bridgehead atoms. The smallest absolute Gasteiger partial charge is 0.260 e. The van der Waals surface area contributed by atoms with Gasteiger partial charge in [0.25, 0.3) is 5.91 Å². The van der Waals surface area contributed by atoms with Crippen LogP contribution in [0.15, 0.2) is 68.6 Å². The summed E-state index contributed by atoms with van der Waals surface area (Å²) in [5.41, 5.74) is 6.67. The van der Waals surface area contributed by atoms with E-state index in [1.54, 1.807) is 30.5 Å². The zero-order valence-electron chi connectivity index (χ0n) is 17.7. The summed E-state index contributed by atoms with van der Waals surface area (Å²) in [5.74, 6) is -0.545. The maximum Gasteiger partial charge on any atom is 0.260 e. The fourth-order valence-corrected chi connectivity index (χ4v) is 4.64. The van der Waals surface area contributed by atoms with E-state index in [0.29, 0.717) is 5.69 Å².